The Balaban J connectivity index is 2.20. The number of allylic oxidation sites excluding steroid dienone is 1. The Morgan fingerprint density at radius 3 is 2.79 bits per heavy atom. The van der Waals surface area contributed by atoms with Gasteiger partial charge < -0.3 is 14.6 Å². The molecule has 1 aliphatic heterocycles. The molecule has 1 aromatic carbocycles. The van der Waals surface area contributed by atoms with E-state index in [0.29, 0.717) is 5.69 Å². The summed E-state index contributed by atoms with van der Waals surface area (Å²) in [6.07, 6.45) is 4.59. The van der Waals surface area contributed by atoms with Crippen LogP contribution in [0.3, 0.4) is 0 Å². The molecule has 0 spiro atoms. The molecule has 0 amide bonds. The quantitative estimate of drug-likeness (QED) is 0.828. The number of rotatable bonds is 5. The predicted molar refractivity (Wildman–Crippen MR) is 108 cm³/mol. The standard InChI is InChI=1S/C22H28N2O4/c1-6-8-16-18(15-10-11-17-14(13-15)9-7-12-27-17)19(24(5)23-16)20(21(25)26)28-22(2,3)4/h6,8,10-11,13,20H,7,9,12H2,1-5H3,(H,25,26)/b8-6+. The van der Waals surface area contributed by atoms with Crippen molar-refractivity contribution in [3.63, 3.8) is 0 Å². The van der Waals surface area contributed by atoms with E-state index in [9.17, 15) is 9.90 Å². The van der Waals surface area contributed by atoms with Crippen molar-refractivity contribution in [3.05, 3.63) is 41.2 Å². The highest BCUT2D eigenvalue weighted by atomic mass is 16.5. The molecular formula is C22H28N2O4. The number of fused-ring (bicyclic) bond motifs is 1. The molecule has 0 saturated carbocycles. The molecular weight excluding hydrogens is 356 g/mol. The first kappa shape index (κ1) is 20.1. The van der Waals surface area contributed by atoms with Gasteiger partial charge in [0.25, 0.3) is 0 Å². The topological polar surface area (TPSA) is 73.6 Å². The van der Waals surface area contributed by atoms with Crippen molar-refractivity contribution in [1.29, 1.82) is 0 Å². The SMILES string of the molecule is C/C=C/c1nn(C)c(C(OC(C)(C)C)C(=O)O)c1-c1ccc2c(c1)CCCO2. The highest BCUT2D eigenvalue weighted by molar-refractivity contribution is 5.83. The van der Waals surface area contributed by atoms with Gasteiger partial charge in [-0.3, -0.25) is 4.68 Å². The Bertz CT molecular complexity index is 906. The van der Waals surface area contributed by atoms with Crippen LogP contribution >= 0.6 is 0 Å². The summed E-state index contributed by atoms with van der Waals surface area (Å²) in [7, 11) is 1.76. The van der Waals surface area contributed by atoms with Gasteiger partial charge in [-0.1, -0.05) is 12.1 Å². The second-order valence-electron chi connectivity index (χ2n) is 7.99. The average molecular weight is 384 g/mol. The van der Waals surface area contributed by atoms with Crippen LogP contribution in [-0.4, -0.2) is 33.1 Å². The molecule has 3 rings (SSSR count). The number of hydrogen-bond donors (Lipinski definition) is 1. The molecule has 150 valence electrons. The van der Waals surface area contributed by atoms with Crippen LogP contribution in [-0.2, 0) is 23.0 Å². The second-order valence-corrected chi connectivity index (χ2v) is 7.99. The maximum atomic E-state index is 12.1. The number of ether oxygens (including phenoxy) is 2. The van der Waals surface area contributed by atoms with Crippen LogP contribution in [0.2, 0.25) is 0 Å². The van der Waals surface area contributed by atoms with Crippen LogP contribution in [0.4, 0.5) is 0 Å². The first-order valence-corrected chi connectivity index (χ1v) is 9.57. The summed E-state index contributed by atoms with van der Waals surface area (Å²) >= 11 is 0. The third-order valence-corrected chi connectivity index (χ3v) is 4.58. The molecule has 2 heterocycles. The number of carbonyl (C=O) groups is 1. The lowest BCUT2D eigenvalue weighted by molar-refractivity contribution is -0.161. The van der Waals surface area contributed by atoms with Gasteiger partial charge in [-0.25, -0.2) is 4.79 Å². The Labute approximate surface area is 165 Å². The van der Waals surface area contributed by atoms with Gasteiger partial charge in [0.15, 0.2) is 6.10 Å². The summed E-state index contributed by atoms with van der Waals surface area (Å²) < 4.78 is 13.3. The Morgan fingerprint density at radius 1 is 1.39 bits per heavy atom. The molecule has 1 atom stereocenters. The fraction of sp³-hybridized carbons (Fsp3) is 0.455. The third-order valence-electron chi connectivity index (χ3n) is 4.58. The van der Waals surface area contributed by atoms with E-state index in [2.05, 4.69) is 11.2 Å². The predicted octanol–water partition coefficient (Wildman–Crippen LogP) is 4.39. The lowest BCUT2D eigenvalue weighted by Gasteiger charge is -2.26. The maximum Gasteiger partial charge on any atom is 0.339 e. The molecule has 0 radical (unpaired) electrons. The van der Waals surface area contributed by atoms with Crippen molar-refractivity contribution in [2.24, 2.45) is 7.05 Å². The molecule has 0 saturated heterocycles. The van der Waals surface area contributed by atoms with Crippen LogP contribution in [0.15, 0.2) is 24.3 Å². The van der Waals surface area contributed by atoms with Gasteiger partial charge >= 0.3 is 5.97 Å². The normalized spacial score (nSPS) is 15.3. The summed E-state index contributed by atoms with van der Waals surface area (Å²) in [5.41, 5.74) is 3.48. The van der Waals surface area contributed by atoms with Crippen LogP contribution in [0.5, 0.6) is 5.75 Å². The van der Waals surface area contributed by atoms with Crippen LogP contribution < -0.4 is 4.74 Å². The van der Waals surface area contributed by atoms with Crippen molar-refractivity contribution in [1.82, 2.24) is 9.78 Å². The van der Waals surface area contributed by atoms with Crippen molar-refractivity contribution in [2.45, 2.75) is 52.2 Å². The minimum Gasteiger partial charge on any atom is -0.493 e. The van der Waals surface area contributed by atoms with Gasteiger partial charge in [-0.05, 0) is 69.9 Å². The van der Waals surface area contributed by atoms with E-state index in [1.54, 1.807) is 11.7 Å². The molecule has 0 fully saturated rings. The molecule has 1 N–H and O–H groups in total. The smallest absolute Gasteiger partial charge is 0.339 e. The van der Waals surface area contributed by atoms with Crippen LogP contribution in [0.1, 0.15) is 57.2 Å². The first-order chi connectivity index (χ1) is 13.2. The minimum absolute atomic E-state index is 0.534. The van der Waals surface area contributed by atoms with Crippen molar-refractivity contribution < 1.29 is 19.4 Å². The molecule has 1 unspecified atom stereocenters. The zero-order chi connectivity index (χ0) is 20.5. The zero-order valence-corrected chi connectivity index (χ0v) is 17.2. The molecule has 1 aromatic heterocycles. The summed E-state index contributed by atoms with van der Waals surface area (Å²) in [5, 5.41) is 14.5. The highest BCUT2D eigenvalue weighted by Crippen LogP contribution is 2.38. The number of nitrogens with zero attached hydrogens (tertiary/aromatic N) is 2. The average Bonchev–Trinajstić information content (AvgIpc) is 2.94. The van der Waals surface area contributed by atoms with E-state index in [1.165, 1.54) is 0 Å². The number of hydrogen-bond acceptors (Lipinski definition) is 4. The summed E-state index contributed by atoms with van der Waals surface area (Å²) in [6.45, 7) is 8.19. The van der Waals surface area contributed by atoms with Gasteiger partial charge in [-0.15, -0.1) is 0 Å². The van der Waals surface area contributed by atoms with Gasteiger partial charge in [0.2, 0.25) is 0 Å². The summed E-state index contributed by atoms with van der Waals surface area (Å²) in [4.78, 5) is 12.1. The highest BCUT2D eigenvalue weighted by Gasteiger charge is 2.33. The van der Waals surface area contributed by atoms with E-state index in [0.717, 1.165) is 47.6 Å². The van der Waals surface area contributed by atoms with Gasteiger partial charge in [0, 0.05) is 12.6 Å². The fourth-order valence-electron chi connectivity index (χ4n) is 3.52. The van der Waals surface area contributed by atoms with Crippen LogP contribution in [0.25, 0.3) is 17.2 Å². The molecule has 2 aromatic rings. The number of aryl methyl sites for hydroxylation is 2. The van der Waals surface area contributed by atoms with Crippen molar-refractivity contribution >= 4 is 12.0 Å². The number of aliphatic carboxylic acids is 1. The van der Waals surface area contributed by atoms with Gasteiger partial charge in [0.1, 0.15) is 5.75 Å². The van der Waals surface area contributed by atoms with E-state index in [1.807, 2.05) is 52.0 Å². The molecule has 6 nitrogen and oxygen atoms in total. The van der Waals surface area contributed by atoms with Gasteiger partial charge in [-0.2, -0.15) is 5.10 Å². The second kappa shape index (κ2) is 7.80. The number of aromatic nitrogens is 2. The molecule has 0 bridgehead atoms. The van der Waals surface area contributed by atoms with Gasteiger partial charge in [0.05, 0.1) is 23.6 Å². The third kappa shape index (κ3) is 4.12. The molecule has 0 aliphatic carbocycles. The number of carboxylic acid groups (broad SMARTS) is 1. The maximum absolute atomic E-state index is 12.1. The largest absolute Gasteiger partial charge is 0.493 e. The number of benzene rings is 1. The Hall–Kier alpha value is -2.60. The van der Waals surface area contributed by atoms with Crippen molar-refractivity contribution in [3.8, 4) is 16.9 Å². The van der Waals surface area contributed by atoms with Crippen molar-refractivity contribution in [2.75, 3.05) is 6.61 Å². The number of carboxylic acids is 1. The zero-order valence-electron chi connectivity index (χ0n) is 17.2. The summed E-state index contributed by atoms with van der Waals surface area (Å²) in [5.74, 6) is -0.138. The summed E-state index contributed by atoms with van der Waals surface area (Å²) in [6, 6.07) is 6.01. The van der Waals surface area contributed by atoms with E-state index >= 15 is 0 Å². The molecule has 6 heteroatoms. The van der Waals surface area contributed by atoms with E-state index < -0.39 is 17.7 Å². The molecule has 28 heavy (non-hydrogen) atoms. The first-order valence-electron chi connectivity index (χ1n) is 9.57. The lowest BCUT2D eigenvalue weighted by Crippen LogP contribution is -2.29. The lowest BCUT2D eigenvalue weighted by atomic mass is 9.95. The molecule has 1 aliphatic rings. The van der Waals surface area contributed by atoms with E-state index in [-0.39, 0.29) is 0 Å². The monoisotopic (exact) mass is 384 g/mol. The Kier molecular flexibility index (Phi) is 5.61. The Morgan fingerprint density at radius 2 is 2.14 bits per heavy atom. The van der Waals surface area contributed by atoms with Crippen LogP contribution in [0, 0.1) is 0 Å². The minimum atomic E-state index is -1.13. The fourth-order valence-corrected chi connectivity index (χ4v) is 3.52. The van der Waals surface area contributed by atoms with E-state index in [4.69, 9.17) is 9.47 Å².